The second-order valence-electron chi connectivity index (χ2n) is 7.02. The average Bonchev–Trinajstić information content (AvgIpc) is 3.11. The molecular weight excluding hydrogens is 322 g/mol. The Morgan fingerprint density at radius 2 is 1.80 bits per heavy atom. The molecule has 4 amide bonds. The molecule has 0 spiro atoms. The molecule has 3 aliphatic rings. The monoisotopic (exact) mass is 341 g/mol. The van der Waals surface area contributed by atoms with Gasteiger partial charge >= 0.3 is 0 Å². The third-order valence-electron chi connectivity index (χ3n) is 5.21. The van der Waals surface area contributed by atoms with Crippen molar-refractivity contribution < 1.29 is 19.2 Å². The third-order valence-corrected chi connectivity index (χ3v) is 5.21. The number of amides is 4. The number of hydrogen-bond acceptors (Lipinski definition) is 5. The number of nitrogens with zero attached hydrogens (tertiary/aromatic N) is 2. The standard InChI is InChI=1S/C18H19N3O4/c1-10-6-7-20(9-10)11-2-3-12-13(8-11)18(25)21(17(12)24)14-4-5-15(22)19-16(14)23/h2-3,8,10,14H,4-7,9H2,1H3,(H,19,22,23). The van der Waals surface area contributed by atoms with Crippen molar-refractivity contribution in [3.8, 4) is 0 Å². The van der Waals surface area contributed by atoms with E-state index in [0.29, 0.717) is 17.0 Å². The summed E-state index contributed by atoms with van der Waals surface area (Å²) >= 11 is 0. The largest absolute Gasteiger partial charge is 0.371 e. The van der Waals surface area contributed by atoms with Crippen LogP contribution in [0.4, 0.5) is 5.69 Å². The normalized spacial score (nSPS) is 26.3. The number of carbonyl (C=O) groups is 4. The van der Waals surface area contributed by atoms with Gasteiger partial charge < -0.3 is 4.90 Å². The first-order chi connectivity index (χ1) is 12.0. The fourth-order valence-electron chi connectivity index (χ4n) is 3.83. The minimum absolute atomic E-state index is 0.126. The molecule has 1 N–H and O–H groups in total. The summed E-state index contributed by atoms with van der Waals surface area (Å²) < 4.78 is 0. The molecule has 2 atom stereocenters. The summed E-state index contributed by atoms with van der Waals surface area (Å²) in [7, 11) is 0. The van der Waals surface area contributed by atoms with E-state index in [9.17, 15) is 19.2 Å². The van der Waals surface area contributed by atoms with Gasteiger partial charge in [-0.1, -0.05) is 6.92 Å². The lowest BCUT2D eigenvalue weighted by molar-refractivity contribution is -0.136. The number of imide groups is 2. The molecule has 25 heavy (non-hydrogen) atoms. The van der Waals surface area contributed by atoms with Crippen molar-refractivity contribution in [3.63, 3.8) is 0 Å². The number of carbonyl (C=O) groups excluding carboxylic acids is 4. The van der Waals surface area contributed by atoms with Gasteiger partial charge in [0.2, 0.25) is 11.8 Å². The van der Waals surface area contributed by atoms with E-state index in [1.165, 1.54) is 0 Å². The molecule has 1 aromatic rings. The third kappa shape index (κ3) is 2.50. The predicted octanol–water partition coefficient (Wildman–Crippen LogP) is 0.934. The van der Waals surface area contributed by atoms with Crippen LogP contribution in [0.3, 0.4) is 0 Å². The average molecular weight is 341 g/mol. The van der Waals surface area contributed by atoms with Crippen LogP contribution in [0.2, 0.25) is 0 Å². The van der Waals surface area contributed by atoms with E-state index in [1.807, 2.05) is 6.07 Å². The number of anilines is 1. The lowest BCUT2D eigenvalue weighted by atomic mass is 10.0. The van der Waals surface area contributed by atoms with Gasteiger partial charge in [-0.25, -0.2) is 0 Å². The molecule has 0 radical (unpaired) electrons. The minimum Gasteiger partial charge on any atom is -0.371 e. The molecule has 0 aromatic heterocycles. The van der Waals surface area contributed by atoms with Crippen molar-refractivity contribution in [2.45, 2.75) is 32.2 Å². The van der Waals surface area contributed by atoms with Gasteiger partial charge in [0.25, 0.3) is 11.8 Å². The van der Waals surface area contributed by atoms with E-state index < -0.39 is 23.8 Å². The van der Waals surface area contributed by atoms with Gasteiger partial charge in [-0.3, -0.25) is 29.4 Å². The summed E-state index contributed by atoms with van der Waals surface area (Å²) in [5, 5.41) is 2.20. The molecule has 7 nitrogen and oxygen atoms in total. The van der Waals surface area contributed by atoms with Gasteiger partial charge in [0.05, 0.1) is 11.1 Å². The summed E-state index contributed by atoms with van der Waals surface area (Å²) in [5.41, 5.74) is 1.59. The molecular formula is C18H19N3O4. The fourth-order valence-corrected chi connectivity index (χ4v) is 3.83. The van der Waals surface area contributed by atoms with E-state index in [1.54, 1.807) is 12.1 Å². The molecule has 3 heterocycles. The van der Waals surface area contributed by atoms with Crippen LogP contribution in [0.25, 0.3) is 0 Å². The topological polar surface area (TPSA) is 86.8 Å². The predicted molar refractivity (Wildman–Crippen MR) is 89.1 cm³/mol. The van der Waals surface area contributed by atoms with Crippen molar-refractivity contribution in [1.82, 2.24) is 10.2 Å². The van der Waals surface area contributed by atoms with Crippen LogP contribution in [0.5, 0.6) is 0 Å². The zero-order valence-electron chi connectivity index (χ0n) is 13.9. The van der Waals surface area contributed by atoms with Gasteiger partial charge in [0, 0.05) is 25.2 Å². The fraction of sp³-hybridized carbons (Fsp3) is 0.444. The summed E-state index contributed by atoms with van der Waals surface area (Å²) in [4.78, 5) is 52.0. The maximum absolute atomic E-state index is 12.8. The Kier molecular flexibility index (Phi) is 3.59. The highest BCUT2D eigenvalue weighted by Gasteiger charge is 2.44. The van der Waals surface area contributed by atoms with Crippen LogP contribution in [0.15, 0.2) is 18.2 Å². The maximum atomic E-state index is 12.8. The van der Waals surface area contributed by atoms with Gasteiger partial charge in [-0.2, -0.15) is 0 Å². The molecule has 130 valence electrons. The second-order valence-corrected chi connectivity index (χ2v) is 7.02. The van der Waals surface area contributed by atoms with Gasteiger partial charge in [-0.15, -0.1) is 0 Å². The van der Waals surface area contributed by atoms with E-state index in [4.69, 9.17) is 0 Å². The highest BCUT2D eigenvalue weighted by molar-refractivity contribution is 6.23. The Morgan fingerprint density at radius 3 is 2.48 bits per heavy atom. The number of fused-ring (bicyclic) bond motifs is 1. The quantitative estimate of drug-likeness (QED) is 0.809. The zero-order chi connectivity index (χ0) is 17.7. The number of rotatable bonds is 2. The SMILES string of the molecule is CC1CCN(c2ccc3c(c2)C(=O)N(C2CCC(=O)NC2=O)C3=O)C1. The molecule has 1 aromatic carbocycles. The number of piperidine rings is 1. The van der Waals surface area contributed by atoms with E-state index in [-0.39, 0.29) is 18.7 Å². The molecule has 3 aliphatic heterocycles. The number of benzene rings is 1. The van der Waals surface area contributed by atoms with Crippen molar-refractivity contribution in [2.75, 3.05) is 18.0 Å². The van der Waals surface area contributed by atoms with Crippen LogP contribution in [-0.4, -0.2) is 47.7 Å². The first-order valence-corrected chi connectivity index (χ1v) is 8.56. The van der Waals surface area contributed by atoms with E-state index in [2.05, 4.69) is 17.1 Å². The van der Waals surface area contributed by atoms with E-state index in [0.717, 1.165) is 30.1 Å². The first-order valence-electron chi connectivity index (χ1n) is 8.56. The molecule has 0 saturated carbocycles. The summed E-state index contributed by atoms with van der Waals surface area (Å²) in [5.74, 6) is -1.27. The Bertz CT molecular complexity index is 804. The smallest absolute Gasteiger partial charge is 0.262 e. The van der Waals surface area contributed by atoms with Crippen molar-refractivity contribution in [2.24, 2.45) is 5.92 Å². The van der Waals surface area contributed by atoms with Gasteiger partial charge in [0.1, 0.15) is 6.04 Å². The zero-order valence-corrected chi connectivity index (χ0v) is 13.9. The molecule has 2 fully saturated rings. The van der Waals surface area contributed by atoms with Crippen molar-refractivity contribution in [3.05, 3.63) is 29.3 Å². The highest BCUT2D eigenvalue weighted by Crippen LogP contribution is 2.32. The number of nitrogens with one attached hydrogen (secondary N) is 1. The molecule has 0 bridgehead atoms. The Hall–Kier alpha value is -2.70. The van der Waals surface area contributed by atoms with Crippen LogP contribution < -0.4 is 10.2 Å². The second kappa shape index (κ2) is 5.68. The minimum atomic E-state index is -0.916. The van der Waals surface area contributed by atoms with E-state index >= 15 is 0 Å². The summed E-state index contributed by atoms with van der Waals surface area (Å²) in [6.45, 7) is 4.05. The molecule has 2 saturated heterocycles. The lowest BCUT2D eigenvalue weighted by Gasteiger charge is -2.27. The molecule has 2 unspecified atom stereocenters. The molecule has 4 rings (SSSR count). The Labute approximate surface area is 145 Å². The number of hydrogen-bond donors (Lipinski definition) is 1. The summed E-state index contributed by atoms with van der Waals surface area (Å²) in [6.07, 6.45) is 1.40. The van der Waals surface area contributed by atoms with Gasteiger partial charge in [-0.05, 0) is 37.0 Å². The Morgan fingerprint density at radius 1 is 1.04 bits per heavy atom. The van der Waals surface area contributed by atoms with Gasteiger partial charge in [0.15, 0.2) is 0 Å². The first kappa shape index (κ1) is 15.8. The van der Waals surface area contributed by atoms with Crippen LogP contribution in [0, 0.1) is 5.92 Å². The molecule has 7 heteroatoms. The maximum Gasteiger partial charge on any atom is 0.262 e. The molecule has 0 aliphatic carbocycles. The van der Waals surface area contributed by atoms with Crippen LogP contribution in [0.1, 0.15) is 46.9 Å². The highest BCUT2D eigenvalue weighted by atomic mass is 16.2. The van der Waals surface area contributed by atoms with Crippen LogP contribution >= 0.6 is 0 Å². The Balaban J connectivity index is 1.63. The van der Waals surface area contributed by atoms with Crippen LogP contribution in [-0.2, 0) is 9.59 Å². The lowest BCUT2D eigenvalue weighted by Crippen LogP contribution is -2.54. The van der Waals surface area contributed by atoms with Crippen molar-refractivity contribution in [1.29, 1.82) is 0 Å². The summed E-state index contributed by atoms with van der Waals surface area (Å²) in [6, 6.07) is 4.36. The van der Waals surface area contributed by atoms with Crippen molar-refractivity contribution >= 4 is 29.3 Å².